The first-order valence-corrected chi connectivity index (χ1v) is 9.03. The van der Waals surface area contributed by atoms with Crippen molar-refractivity contribution in [1.82, 2.24) is 14.8 Å². The van der Waals surface area contributed by atoms with Crippen LogP contribution in [0, 0.1) is 0 Å². The summed E-state index contributed by atoms with van der Waals surface area (Å²) in [5, 5.41) is 7.55. The number of carbonyl (C=O) groups is 1. The van der Waals surface area contributed by atoms with Gasteiger partial charge in [0.2, 0.25) is 5.95 Å². The van der Waals surface area contributed by atoms with Crippen molar-refractivity contribution in [1.29, 1.82) is 0 Å². The van der Waals surface area contributed by atoms with E-state index in [0.29, 0.717) is 5.69 Å². The van der Waals surface area contributed by atoms with E-state index in [1.54, 1.807) is 24.3 Å². The lowest BCUT2D eigenvalue weighted by atomic mass is 10.1. The molecule has 1 aromatic heterocycles. The van der Waals surface area contributed by atoms with Crippen LogP contribution in [0.15, 0.2) is 59.8 Å². The van der Waals surface area contributed by atoms with E-state index in [9.17, 15) is 13.2 Å². The highest BCUT2D eigenvalue weighted by molar-refractivity contribution is 7.92. The fraction of sp³-hybridized carbons (Fsp3) is 0.0625. The molecule has 0 amide bonds. The highest BCUT2D eigenvalue weighted by Gasteiger charge is 2.22. The van der Waals surface area contributed by atoms with Gasteiger partial charge in [0, 0.05) is 5.56 Å². The van der Waals surface area contributed by atoms with Crippen molar-refractivity contribution in [2.45, 2.75) is 11.8 Å². The van der Waals surface area contributed by atoms with Gasteiger partial charge in [-0.15, -0.1) is 10.2 Å². The summed E-state index contributed by atoms with van der Waals surface area (Å²) in [4.78, 5) is 11.3. The van der Waals surface area contributed by atoms with E-state index in [0.717, 1.165) is 0 Å². The van der Waals surface area contributed by atoms with Gasteiger partial charge in [-0.25, -0.2) is 13.1 Å². The molecule has 9 heteroatoms. The molecule has 0 saturated carbocycles. The molecule has 0 radical (unpaired) electrons. The zero-order chi connectivity index (χ0) is 18.0. The van der Waals surface area contributed by atoms with Gasteiger partial charge in [0.15, 0.2) is 5.78 Å². The van der Waals surface area contributed by atoms with Gasteiger partial charge in [-0.1, -0.05) is 29.8 Å². The van der Waals surface area contributed by atoms with Crippen LogP contribution in [0.3, 0.4) is 0 Å². The van der Waals surface area contributed by atoms with Gasteiger partial charge in [-0.3, -0.25) is 9.36 Å². The van der Waals surface area contributed by atoms with E-state index in [2.05, 4.69) is 14.9 Å². The van der Waals surface area contributed by atoms with Crippen LogP contribution in [0.25, 0.3) is 5.69 Å². The van der Waals surface area contributed by atoms with Crippen LogP contribution in [0.5, 0.6) is 0 Å². The molecule has 0 aliphatic carbocycles. The van der Waals surface area contributed by atoms with Crippen LogP contribution in [-0.2, 0) is 10.0 Å². The van der Waals surface area contributed by atoms with Crippen molar-refractivity contribution in [3.05, 3.63) is 65.4 Å². The fourth-order valence-electron chi connectivity index (χ4n) is 2.19. The second-order valence-corrected chi connectivity index (χ2v) is 7.23. The number of halogens is 1. The summed E-state index contributed by atoms with van der Waals surface area (Å²) in [5.41, 5.74) is 0.933. The summed E-state index contributed by atoms with van der Waals surface area (Å²) in [6, 6.07) is 13.1. The Hall–Kier alpha value is -2.71. The third kappa shape index (κ3) is 3.54. The molecule has 1 heterocycles. The maximum atomic E-state index is 12.7. The zero-order valence-electron chi connectivity index (χ0n) is 13.0. The van der Waals surface area contributed by atoms with E-state index in [1.165, 1.54) is 36.0 Å². The van der Waals surface area contributed by atoms with Crippen LogP contribution in [0.4, 0.5) is 5.95 Å². The number of carbonyl (C=O) groups excluding carboxylic acids is 1. The monoisotopic (exact) mass is 376 g/mol. The quantitative estimate of drug-likeness (QED) is 0.691. The molecular formula is C16H13ClN4O3S. The summed E-state index contributed by atoms with van der Waals surface area (Å²) in [7, 11) is -4.06. The van der Waals surface area contributed by atoms with Crippen LogP contribution >= 0.6 is 11.6 Å². The highest BCUT2D eigenvalue weighted by atomic mass is 35.5. The summed E-state index contributed by atoms with van der Waals surface area (Å²) in [6.07, 6.45) is 1.39. The number of hydrogen-bond donors (Lipinski definition) is 1. The number of ketones is 1. The molecule has 3 rings (SSSR count). The Balaban J connectivity index is 2.01. The largest absolute Gasteiger partial charge is 0.295 e. The van der Waals surface area contributed by atoms with Gasteiger partial charge in [0.25, 0.3) is 10.0 Å². The lowest BCUT2D eigenvalue weighted by Crippen LogP contribution is -2.17. The standard InChI is InChI=1S/C16H13ClN4O3S/c1-11(22)12-7-8-14(17)15(9-12)25(23,24)20-16-19-18-10-21(16)13-5-3-2-4-6-13/h2-10H,1H3,(H,19,20). The van der Waals surface area contributed by atoms with Crippen molar-refractivity contribution < 1.29 is 13.2 Å². The molecule has 7 nitrogen and oxygen atoms in total. The minimum atomic E-state index is -4.06. The van der Waals surface area contributed by atoms with Gasteiger partial charge in [-0.05, 0) is 37.3 Å². The molecule has 2 aromatic carbocycles. The van der Waals surface area contributed by atoms with E-state index < -0.39 is 10.0 Å². The predicted molar refractivity (Wildman–Crippen MR) is 93.6 cm³/mol. The lowest BCUT2D eigenvalue weighted by Gasteiger charge is -2.11. The zero-order valence-corrected chi connectivity index (χ0v) is 14.6. The number of Topliss-reactive ketones (excluding diaryl/α,β-unsaturated/α-hetero) is 1. The van der Waals surface area contributed by atoms with Crippen molar-refractivity contribution >= 4 is 33.4 Å². The van der Waals surface area contributed by atoms with Crippen LogP contribution in [0.1, 0.15) is 17.3 Å². The Bertz CT molecular complexity index is 1030. The molecule has 0 fully saturated rings. The molecule has 0 spiro atoms. The number of para-hydroxylation sites is 1. The van der Waals surface area contributed by atoms with Crippen LogP contribution in [-0.4, -0.2) is 29.0 Å². The third-order valence-corrected chi connectivity index (χ3v) is 5.24. The molecule has 0 unspecified atom stereocenters. The average molecular weight is 377 g/mol. The van der Waals surface area contributed by atoms with Crippen molar-refractivity contribution in [2.75, 3.05) is 4.72 Å². The number of sulfonamides is 1. The van der Waals surface area contributed by atoms with Crippen LogP contribution < -0.4 is 4.72 Å². The Kier molecular flexibility index (Phi) is 4.56. The molecule has 3 aromatic rings. The third-order valence-electron chi connectivity index (χ3n) is 3.44. The second kappa shape index (κ2) is 6.66. The first-order chi connectivity index (χ1) is 11.9. The van der Waals surface area contributed by atoms with Gasteiger partial charge in [-0.2, -0.15) is 0 Å². The highest BCUT2D eigenvalue weighted by Crippen LogP contribution is 2.25. The first kappa shape index (κ1) is 17.1. The number of hydrogen-bond acceptors (Lipinski definition) is 5. The second-order valence-electron chi connectivity index (χ2n) is 5.17. The molecule has 1 N–H and O–H groups in total. The normalized spacial score (nSPS) is 11.3. The fourth-order valence-corrected chi connectivity index (χ4v) is 3.70. The smallest absolute Gasteiger partial charge is 0.265 e. The Morgan fingerprint density at radius 2 is 1.88 bits per heavy atom. The molecule has 0 atom stereocenters. The minimum absolute atomic E-state index is 0.00303. The number of benzene rings is 2. The molecule has 0 bridgehead atoms. The number of nitrogens with zero attached hydrogens (tertiary/aromatic N) is 3. The Morgan fingerprint density at radius 3 is 2.56 bits per heavy atom. The number of anilines is 1. The average Bonchev–Trinajstić information content (AvgIpc) is 3.03. The van der Waals surface area contributed by atoms with E-state index >= 15 is 0 Å². The van der Waals surface area contributed by atoms with Crippen molar-refractivity contribution in [2.24, 2.45) is 0 Å². The SMILES string of the molecule is CC(=O)c1ccc(Cl)c(S(=O)(=O)Nc2nncn2-c2ccccc2)c1. The minimum Gasteiger partial charge on any atom is -0.295 e. The number of aromatic nitrogens is 3. The van der Waals surface area contributed by atoms with Gasteiger partial charge in [0.05, 0.1) is 10.7 Å². The maximum absolute atomic E-state index is 12.7. The Labute approximate surface area is 149 Å². The molecular weight excluding hydrogens is 364 g/mol. The number of rotatable bonds is 5. The summed E-state index contributed by atoms with van der Waals surface area (Å²) >= 11 is 6.01. The summed E-state index contributed by atoms with van der Waals surface area (Å²) in [6.45, 7) is 1.35. The number of nitrogens with one attached hydrogen (secondary N) is 1. The van der Waals surface area contributed by atoms with Crippen LogP contribution in [0.2, 0.25) is 5.02 Å². The molecule has 25 heavy (non-hydrogen) atoms. The van der Waals surface area contributed by atoms with Gasteiger partial charge < -0.3 is 0 Å². The van der Waals surface area contributed by atoms with E-state index in [4.69, 9.17) is 11.6 Å². The Morgan fingerprint density at radius 1 is 1.16 bits per heavy atom. The van der Waals surface area contributed by atoms with Crippen molar-refractivity contribution in [3.63, 3.8) is 0 Å². The summed E-state index contributed by atoms with van der Waals surface area (Å²) in [5.74, 6) is -0.254. The predicted octanol–water partition coefficient (Wildman–Crippen LogP) is 2.92. The van der Waals surface area contributed by atoms with E-state index in [1.807, 2.05) is 6.07 Å². The molecule has 0 aliphatic rings. The van der Waals surface area contributed by atoms with E-state index in [-0.39, 0.29) is 27.2 Å². The lowest BCUT2D eigenvalue weighted by molar-refractivity contribution is 0.101. The topological polar surface area (TPSA) is 93.9 Å². The van der Waals surface area contributed by atoms with Crippen molar-refractivity contribution in [3.8, 4) is 5.69 Å². The summed E-state index contributed by atoms with van der Waals surface area (Å²) < 4.78 is 29.2. The molecule has 0 saturated heterocycles. The molecule has 0 aliphatic heterocycles. The van der Waals surface area contributed by atoms with Gasteiger partial charge >= 0.3 is 0 Å². The first-order valence-electron chi connectivity index (χ1n) is 7.17. The molecule has 128 valence electrons. The maximum Gasteiger partial charge on any atom is 0.265 e. The van der Waals surface area contributed by atoms with Gasteiger partial charge in [0.1, 0.15) is 11.2 Å².